The van der Waals surface area contributed by atoms with E-state index in [4.69, 9.17) is 0 Å². The van der Waals surface area contributed by atoms with E-state index in [1.54, 1.807) is 0 Å². The summed E-state index contributed by atoms with van der Waals surface area (Å²) in [7, 11) is -1.01. The smallest absolute Gasteiger partial charge is 0.178 e. The van der Waals surface area contributed by atoms with Gasteiger partial charge in [0.1, 0.15) is 0 Å². The molecule has 1 unspecified atom stereocenters. The predicted molar refractivity (Wildman–Crippen MR) is 69.2 cm³/mol. The van der Waals surface area contributed by atoms with Gasteiger partial charge in [0, 0.05) is 16.6 Å². The van der Waals surface area contributed by atoms with Gasteiger partial charge in [-0.1, -0.05) is 29.8 Å². The van der Waals surface area contributed by atoms with Crippen molar-refractivity contribution in [1.82, 2.24) is 0 Å². The Morgan fingerprint density at radius 3 is 2.29 bits per heavy atom. The van der Waals surface area contributed by atoms with Gasteiger partial charge in [0.15, 0.2) is 5.78 Å². The third-order valence-corrected chi connectivity index (χ3v) is 4.13. The van der Waals surface area contributed by atoms with Gasteiger partial charge in [0.2, 0.25) is 0 Å². The Morgan fingerprint density at radius 2 is 1.71 bits per heavy atom. The van der Waals surface area contributed by atoms with Crippen molar-refractivity contribution in [2.24, 2.45) is 5.92 Å². The molecule has 1 aliphatic rings. The fourth-order valence-corrected chi connectivity index (χ4v) is 2.83. The van der Waals surface area contributed by atoms with Gasteiger partial charge in [-0.2, -0.15) is 0 Å². The molecule has 0 aliphatic heterocycles. The van der Waals surface area contributed by atoms with Crippen molar-refractivity contribution in [3.8, 4) is 0 Å². The molecule has 2 nitrogen and oxygen atoms in total. The average molecular weight is 246 g/mol. The molecule has 0 N–H and O–H groups in total. The third kappa shape index (κ3) is 3.24. The number of hydrogen-bond acceptors (Lipinski definition) is 2. The zero-order valence-corrected chi connectivity index (χ0v) is 10.4. The monoisotopic (exact) mass is 246 g/mol. The molecule has 3 heteroatoms. The van der Waals surface area contributed by atoms with Crippen LogP contribution in [-0.4, -0.2) is 15.7 Å². The lowest BCUT2D eigenvalue weighted by Crippen LogP contribution is -2.10. The molecule has 1 aromatic carbocycles. The molecule has 0 heterocycles. The van der Waals surface area contributed by atoms with Gasteiger partial charge in [0.25, 0.3) is 0 Å². The van der Waals surface area contributed by atoms with Crippen LogP contribution in [0.3, 0.4) is 0 Å². The molecular formula is C14H14O2S. The van der Waals surface area contributed by atoms with Crippen LogP contribution in [0.2, 0.25) is 0 Å². The SMILES string of the molecule is Cc1ccc(S(=O)CC2C=CC(=O)C=C2)cc1. The summed E-state index contributed by atoms with van der Waals surface area (Å²) in [6.07, 6.45) is 6.71. The Kier molecular flexibility index (Phi) is 3.69. The highest BCUT2D eigenvalue weighted by molar-refractivity contribution is 7.85. The van der Waals surface area contributed by atoms with Gasteiger partial charge in [-0.3, -0.25) is 9.00 Å². The maximum Gasteiger partial charge on any atom is 0.178 e. The fraction of sp³-hybridized carbons (Fsp3) is 0.214. The summed E-state index contributed by atoms with van der Waals surface area (Å²) in [5, 5.41) is 0. The predicted octanol–water partition coefficient (Wildman–Crippen LogP) is 2.41. The first-order valence-electron chi connectivity index (χ1n) is 5.50. The number of hydrogen-bond donors (Lipinski definition) is 0. The number of aryl methyl sites for hydroxylation is 1. The van der Waals surface area contributed by atoms with Crippen molar-refractivity contribution >= 4 is 16.6 Å². The van der Waals surface area contributed by atoms with E-state index in [0.717, 1.165) is 10.5 Å². The van der Waals surface area contributed by atoms with Gasteiger partial charge < -0.3 is 0 Å². The summed E-state index contributed by atoms with van der Waals surface area (Å²) < 4.78 is 12.1. The molecule has 0 amide bonds. The molecule has 0 fully saturated rings. The summed E-state index contributed by atoms with van der Waals surface area (Å²) in [6, 6.07) is 7.71. The van der Waals surface area contributed by atoms with Gasteiger partial charge in [0.05, 0.1) is 10.8 Å². The second-order valence-electron chi connectivity index (χ2n) is 4.11. The molecule has 0 spiro atoms. The molecule has 88 valence electrons. The Morgan fingerprint density at radius 1 is 1.12 bits per heavy atom. The first-order valence-corrected chi connectivity index (χ1v) is 6.82. The minimum Gasteiger partial charge on any atom is -0.290 e. The van der Waals surface area contributed by atoms with E-state index < -0.39 is 10.8 Å². The van der Waals surface area contributed by atoms with Crippen LogP contribution in [0.1, 0.15) is 5.56 Å². The Balaban J connectivity index is 2.02. The molecule has 0 saturated carbocycles. The first-order chi connectivity index (χ1) is 8.15. The Hall–Kier alpha value is -1.48. The summed E-state index contributed by atoms with van der Waals surface area (Å²) in [4.78, 5) is 11.8. The van der Waals surface area contributed by atoms with Crippen LogP contribution >= 0.6 is 0 Å². The number of benzene rings is 1. The van der Waals surface area contributed by atoms with E-state index in [2.05, 4.69) is 0 Å². The number of carbonyl (C=O) groups excluding carboxylic acids is 1. The third-order valence-electron chi connectivity index (χ3n) is 2.64. The Bertz CT molecular complexity index is 481. The molecule has 0 aromatic heterocycles. The summed E-state index contributed by atoms with van der Waals surface area (Å²) in [5.41, 5.74) is 1.16. The number of ketones is 1. The Labute approximate surface area is 104 Å². The summed E-state index contributed by atoms with van der Waals surface area (Å²) in [6.45, 7) is 2.00. The van der Waals surface area contributed by atoms with Gasteiger partial charge in [-0.25, -0.2) is 0 Å². The van der Waals surface area contributed by atoms with E-state index >= 15 is 0 Å². The highest BCUT2D eigenvalue weighted by Crippen LogP contribution is 2.15. The second kappa shape index (κ2) is 5.23. The van der Waals surface area contributed by atoms with Crippen LogP contribution < -0.4 is 0 Å². The van der Waals surface area contributed by atoms with Crippen LogP contribution in [0.25, 0.3) is 0 Å². The highest BCUT2D eigenvalue weighted by atomic mass is 32.2. The minimum absolute atomic E-state index is 0.00219. The molecule has 1 atom stereocenters. The number of rotatable bonds is 3. The fourth-order valence-electron chi connectivity index (χ4n) is 1.63. The lowest BCUT2D eigenvalue weighted by Gasteiger charge is -2.10. The van der Waals surface area contributed by atoms with Crippen molar-refractivity contribution in [3.05, 3.63) is 54.1 Å². The van der Waals surface area contributed by atoms with Crippen molar-refractivity contribution < 1.29 is 9.00 Å². The number of allylic oxidation sites excluding steroid dienone is 4. The number of carbonyl (C=O) groups is 1. The highest BCUT2D eigenvalue weighted by Gasteiger charge is 2.12. The zero-order chi connectivity index (χ0) is 12.3. The maximum absolute atomic E-state index is 12.1. The van der Waals surface area contributed by atoms with Crippen molar-refractivity contribution in [2.45, 2.75) is 11.8 Å². The summed E-state index contributed by atoms with van der Waals surface area (Å²) in [5.74, 6) is 0.626. The van der Waals surface area contributed by atoms with E-state index in [-0.39, 0.29) is 11.7 Å². The van der Waals surface area contributed by atoms with Crippen LogP contribution in [0.15, 0.2) is 53.5 Å². The van der Waals surface area contributed by atoms with Crippen molar-refractivity contribution in [3.63, 3.8) is 0 Å². The van der Waals surface area contributed by atoms with E-state index in [0.29, 0.717) is 5.75 Å². The zero-order valence-electron chi connectivity index (χ0n) is 9.63. The maximum atomic E-state index is 12.1. The van der Waals surface area contributed by atoms with Gasteiger partial charge in [-0.05, 0) is 31.2 Å². The van der Waals surface area contributed by atoms with Crippen LogP contribution in [-0.2, 0) is 15.6 Å². The van der Waals surface area contributed by atoms with E-state index in [1.165, 1.54) is 12.2 Å². The van der Waals surface area contributed by atoms with Crippen molar-refractivity contribution in [1.29, 1.82) is 0 Å². The second-order valence-corrected chi connectivity index (χ2v) is 5.61. The van der Waals surface area contributed by atoms with Crippen molar-refractivity contribution in [2.75, 3.05) is 5.75 Å². The van der Waals surface area contributed by atoms with Gasteiger partial charge in [-0.15, -0.1) is 0 Å². The van der Waals surface area contributed by atoms with Crippen LogP contribution in [0, 0.1) is 12.8 Å². The summed E-state index contributed by atoms with van der Waals surface area (Å²) >= 11 is 0. The van der Waals surface area contributed by atoms with Crippen LogP contribution in [0.5, 0.6) is 0 Å². The lowest BCUT2D eigenvalue weighted by molar-refractivity contribution is -0.110. The van der Waals surface area contributed by atoms with Crippen LogP contribution in [0.4, 0.5) is 0 Å². The van der Waals surface area contributed by atoms with E-state index in [9.17, 15) is 9.00 Å². The standard InChI is InChI=1S/C14H14O2S/c1-11-2-8-14(9-3-11)17(16)10-12-4-6-13(15)7-5-12/h2-9,12H,10H2,1H3. The minimum atomic E-state index is -1.01. The molecule has 1 aliphatic carbocycles. The van der Waals surface area contributed by atoms with Gasteiger partial charge >= 0.3 is 0 Å². The molecule has 17 heavy (non-hydrogen) atoms. The molecule has 2 rings (SSSR count). The molecule has 0 radical (unpaired) electrons. The first kappa shape index (κ1) is 12.0. The quantitative estimate of drug-likeness (QED) is 0.820. The topological polar surface area (TPSA) is 34.1 Å². The normalized spacial score (nSPS) is 17.4. The average Bonchev–Trinajstić information content (AvgIpc) is 2.33. The molecule has 0 bridgehead atoms. The largest absolute Gasteiger partial charge is 0.290 e. The molecule has 0 saturated heterocycles. The van der Waals surface area contributed by atoms with E-state index in [1.807, 2.05) is 43.3 Å². The molecule has 1 aromatic rings. The molecular weight excluding hydrogens is 232 g/mol. The lowest BCUT2D eigenvalue weighted by atomic mass is 10.1.